The maximum atomic E-state index is 13.3. The van der Waals surface area contributed by atoms with E-state index in [2.05, 4.69) is 10.6 Å². The third-order valence-corrected chi connectivity index (χ3v) is 6.00. The number of nitrogens with one attached hydrogen (secondary N) is 2. The lowest BCUT2D eigenvalue weighted by molar-refractivity contribution is -0.145. The van der Waals surface area contributed by atoms with Crippen LogP contribution >= 0.6 is 0 Å². The summed E-state index contributed by atoms with van der Waals surface area (Å²) in [5, 5.41) is 24.2. The molecule has 1 saturated heterocycles. The molecule has 11 nitrogen and oxygen atoms in total. The fraction of sp³-hybridized carbons (Fsp3) is 0.810. The molecule has 3 amide bonds. The second-order valence-electron chi connectivity index (χ2n) is 8.51. The van der Waals surface area contributed by atoms with E-state index in [1.165, 1.54) is 11.8 Å². The lowest BCUT2D eigenvalue weighted by atomic mass is 9.96. The molecule has 1 aliphatic rings. The van der Waals surface area contributed by atoms with Gasteiger partial charge in [0.05, 0.1) is 6.10 Å². The van der Waals surface area contributed by atoms with Crippen LogP contribution in [0.3, 0.4) is 0 Å². The molecule has 6 atom stereocenters. The summed E-state index contributed by atoms with van der Waals surface area (Å²) in [4.78, 5) is 51.5. The van der Waals surface area contributed by atoms with Gasteiger partial charge < -0.3 is 37.2 Å². The van der Waals surface area contributed by atoms with Crippen molar-refractivity contribution >= 4 is 23.7 Å². The summed E-state index contributed by atoms with van der Waals surface area (Å²) in [5.74, 6) is -2.96. The number of unbranched alkanes of at least 4 members (excludes halogenated alkanes) is 1. The summed E-state index contributed by atoms with van der Waals surface area (Å²) < 4.78 is 0. The van der Waals surface area contributed by atoms with Gasteiger partial charge in [0.25, 0.3) is 0 Å². The van der Waals surface area contributed by atoms with E-state index in [1.54, 1.807) is 6.92 Å². The number of nitrogens with two attached hydrogens (primary N) is 2. The van der Waals surface area contributed by atoms with Gasteiger partial charge in [0.1, 0.15) is 24.2 Å². The van der Waals surface area contributed by atoms with Crippen molar-refractivity contribution in [3.05, 3.63) is 0 Å². The van der Waals surface area contributed by atoms with Gasteiger partial charge in [-0.05, 0) is 51.5 Å². The van der Waals surface area contributed by atoms with Crippen LogP contribution in [0.15, 0.2) is 0 Å². The van der Waals surface area contributed by atoms with E-state index in [9.17, 15) is 29.4 Å². The average Bonchev–Trinajstić information content (AvgIpc) is 3.24. The Balaban J connectivity index is 2.94. The van der Waals surface area contributed by atoms with Crippen molar-refractivity contribution in [2.45, 2.75) is 89.6 Å². The van der Waals surface area contributed by atoms with Gasteiger partial charge in [0.15, 0.2) is 0 Å². The maximum absolute atomic E-state index is 13.3. The monoisotopic (exact) mass is 457 g/mol. The van der Waals surface area contributed by atoms with Gasteiger partial charge >= 0.3 is 5.97 Å². The molecule has 1 aliphatic heterocycles. The number of carbonyl (C=O) groups excluding carboxylic acids is 3. The predicted octanol–water partition coefficient (Wildman–Crippen LogP) is -1.09. The van der Waals surface area contributed by atoms with Crippen molar-refractivity contribution in [1.82, 2.24) is 15.5 Å². The number of hydrogen-bond donors (Lipinski definition) is 6. The highest BCUT2D eigenvalue weighted by atomic mass is 16.4. The highest BCUT2D eigenvalue weighted by Crippen LogP contribution is 2.22. The van der Waals surface area contributed by atoms with Crippen LogP contribution in [0.25, 0.3) is 0 Å². The second kappa shape index (κ2) is 13.3. The van der Waals surface area contributed by atoms with Gasteiger partial charge in [-0.15, -0.1) is 0 Å². The van der Waals surface area contributed by atoms with Crippen LogP contribution in [0.1, 0.15) is 59.3 Å². The molecule has 0 saturated carbocycles. The first kappa shape index (κ1) is 27.8. The molecule has 0 spiro atoms. The van der Waals surface area contributed by atoms with Gasteiger partial charge in [0.2, 0.25) is 17.7 Å². The molecule has 6 unspecified atom stereocenters. The summed E-state index contributed by atoms with van der Waals surface area (Å²) in [6.45, 7) is 5.83. The number of aliphatic hydroxyl groups is 1. The molecule has 184 valence electrons. The smallest absolute Gasteiger partial charge is 0.326 e. The minimum Gasteiger partial charge on any atom is -0.480 e. The third kappa shape index (κ3) is 7.72. The Kier molecular flexibility index (Phi) is 11.6. The number of amides is 3. The molecule has 1 rings (SSSR count). The van der Waals surface area contributed by atoms with Gasteiger partial charge in [-0.25, -0.2) is 4.79 Å². The standard InChI is InChI=1S/C21H39N5O6/c1-4-12(2)17(25-19(29)16(23)13(3)27)20(30)26-11-7-9-15(26)18(28)24-14(21(31)32)8-5-6-10-22/h12-17,27H,4-11,22-23H2,1-3H3,(H,24,28)(H,25,29)(H,31,32). The van der Waals surface area contributed by atoms with E-state index >= 15 is 0 Å². The SMILES string of the molecule is CCC(C)C(NC(=O)C(N)C(C)O)C(=O)N1CCCC1C(=O)NC(CCCCN)C(=O)O. The Bertz CT molecular complexity index is 659. The number of aliphatic carboxylic acids is 1. The molecule has 11 heteroatoms. The van der Waals surface area contributed by atoms with Crippen molar-refractivity contribution < 1.29 is 29.4 Å². The molecule has 8 N–H and O–H groups in total. The van der Waals surface area contributed by atoms with Gasteiger partial charge in [-0.1, -0.05) is 20.3 Å². The predicted molar refractivity (Wildman–Crippen MR) is 118 cm³/mol. The van der Waals surface area contributed by atoms with E-state index < -0.39 is 54.0 Å². The number of aliphatic hydroxyl groups excluding tert-OH is 1. The maximum Gasteiger partial charge on any atom is 0.326 e. The zero-order valence-electron chi connectivity index (χ0n) is 19.3. The molecule has 0 aromatic carbocycles. The molecule has 0 aromatic rings. The average molecular weight is 458 g/mol. The zero-order valence-corrected chi connectivity index (χ0v) is 19.3. The summed E-state index contributed by atoms with van der Waals surface area (Å²) in [6, 6.07) is -3.96. The molecule has 0 bridgehead atoms. The van der Waals surface area contributed by atoms with Crippen LogP contribution in [-0.4, -0.2) is 82.2 Å². The number of rotatable bonds is 13. The Morgan fingerprint density at radius 2 is 1.81 bits per heavy atom. The summed E-state index contributed by atoms with van der Waals surface area (Å²) in [7, 11) is 0. The normalized spacial score (nSPS) is 20.7. The molecule has 0 radical (unpaired) electrons. The van der Waals surface area contributed by atoms with Crippen LogP contribution < -0.4 is 22.1 Å². The first-order chi connectivity index (χ1) is 15.0. The minimum atomic E-state index is -1.18. The molecular weight excluding hydrogens is 418 g/mol. The zero-order chi connectivity index (χ0) is 24.4. The van der Waals surface area contributed by atoms with Crippen molar-refractivity contribution in [3.63, 3.8) is 0 Å². The van der Waals surface area contributed by atoms with E-state index in [0.29, 0.717) is 45.2 Å². The van der Waals surface area contributed by atoms with E-state index in [-0.39, 0.29) is 12.3 Å². The Morgan fingerprint density at radius 3 is 2.34 bits per heavy atom. The van der Waals surface area contributed by atoms with Crippen LogP contribution in [0, 0.1) is 5.92 Å². The summed E-state index contributed by atoms with van der Waals surface area (Å²) in [5.41, 5.74) is 11.1. The summed E-state index contributed by atoms with van der Waals surface area (Å²) >= 11 is 0. The molecule has 32 heavy (non-hydrogen) atoms. The highest BCUT2D eigenvalue weighted by molar-refractivity contribution is 5.94. The Morgan fingerprint density at radius 1 is 1.16 bits per heavy atom. The van der Waals surface area contributed by atoms with Crippen LogP contribution in [0.2, 0.25) is 0 Å². The first-order valence-electron chi connectivity index (χ1n) is 11.3. The molecule has 1 fully saturated rings. The number of nitrogens with zero attached hydrogens (tertiary/aromatic N) is 1. The second-order valence-corrected chi connectivity index (χ2v) is 8.51. The lowest BCUT2D eigenvalue weighted by Gasteiger charge is -2.32. The van der Waals surface area contributed by atoms with E-state index in [4.69, 9.17) is 11.5 Å². The first-order valence-corrected chi connectivity index (χ1v) is 11.3. The largest absolute Gasteiger partial charge is 0.480 e. The minimum absolute atomic E-state index is 0.236. The number of carbonyl (C=O) groups is 4. The van der Waals surface area contributed by atoms with Crippen LogP contribution in [0.5, 0.6) is 0 Å². The quantitative estimate of drug-likeness (QED) is 0.188. The van der Waals surface area contributed by atoms with Crippen LogP contribution in [-0.2, 0) is 19.2 Å². The molecule has 1 heterocycles. The summed E-state index contributed by atoms with van der Waals surface area (Å²) in [6.07, 6.45) is 1.96. The van der Waals surface area contributed by atoms with Gasteiger partial charge in [-0.3, -0.25) is 14.4 Å². The van der Waals surface area contributed by atoms with Crippen LogP contribution in [0.4, 0.5) is 0 Å². The van der Waals surface area contributed by atoms with Gasteiger partial charge in [-0.2, -0.15) is 0 Å². The number of likely N-dealkylation sites (tertiary alicyclic amines) is 1. The number of carboxylic acids is 1. The molecular formula is C21H39N5O6. The van der Waals surface area contributed by atoms with E-state index in [0.717, 1.165) is 0 Å². The molecule has 0 aliphatic carbocycles. The number of carboxylic acid groups (broad SMARTS) is 1. The lowest BCUT2D eigenvalue weighted by Crippen LogP contribution is -2.59. The fourth-order valence-corrected chi connectivity index (χ4v) is 3.65. The van der Waals surface area contributed by atoms with Crippen molar-refractivity contribution in [1.29, 1.82) is 0 Å². The van der Waals surface area contributed by atoms with E-state index in [1.807, 2.05) is 6.92 Å². The highest BCUT2D eigenvalue weighted by Gasteiger charge is 2.40. The molecule has 0 aromatic heterocycles. The number of hydrogen-bond acceptors (Lipinski definition) is 7. The Labute approximate surface area is 189 Å². The topological polar surface area (TPSA) is 188 Å². The fourth-order valence-electron chi connectivity index (χ4n) is 3.65. The van der Waals surface area contributed by atoms with Gasteiger partial charge in [0, 0.05) is 6.54 Å². The van der Waals surface area contributed by atoms with Crippen molar-refractivity contribution in [2.75, 3.05) is 13.1 Å². The van der Waals surface area contributed by atoms with Crippen molar-refractivity contribution in [3.8, 4) is 0 Å². The Hall–Kier alpha value is -2.24. The third-order valence-electron chi connectivity index (χ3n) is 6.00. The van der Waals surface area contributed by atoms with Crippen molar-refractivity contribution in [2.24, 2.45) is 17.4 Å².